The Morgan fingerprint density at radius 1 is 1.06 bits per heavy atom. The highest BCUT2D eigenvalue weighted by Gasteiger charge is 2.24. The number of anilines is 1. The molecule has 0 saturated carbocycles. The first-order valence-electron chi connectivity index (χ1n) is 9.87. The summed E-state index contributed by atoms with van der Waals surface area (Å²) >= 11 is 6.37. The van der Waals surface area contributed by atoms with Crippen LogP contribution < -0.4 is 4.90 Å². The van der Waals surface area contributed by atoms with E-state index in [1.54, 1.807) is 36.1 Å². The number of aromatic nitrogens is 2. The molecule has 2 heterocycles. The third-order valence-corrected chi connectivity index (χ3v) is 5.47. The number of aryl methyl sites for hydroxylation is 1. The number of ketones is 1. The lowest BCUT2D eigenvalue weighted by molar-refractivity contribution is -0.117. The van der Waals surface area contributed by atoms with E-state index < -0.39 is 12.6 Å². The molecule has 0 atom stereocenters. The van der Waals surface area contributed by atoms with Crippen molar-refractivity contribution < 1.29 is 19.1 Å². The van der Waals surface area contributed by atoms with Crippen molar-refractivity contribution in [2.75, 3.05) is 18.1 Å². The van der Waals surface area contributed by atoms with E-state index >= 15 is 0 Å². The third kappa shape index (κ3) is 4.22. The number of hydrogen-bond donors (Lipinski definition) is 0. The quantitative estimate of drug-likeness (QED) is 0.430. The van der Waals surface area contributed by atoms with Gasteiger partial charge in [0.25, 0.3) is 0 Å². The molecule has 1 fully saturated rings. The molecule has 1 aliphatic heterocycles. The maximum absolute atomic E-state index is 12.6. The minimum absolute atomic E-state index is 0.0799. The fraction of sp³-hybridized carbons (Fsp3) is 0.217. The number of carbonyl (C=O) groups excluding carboxylic acids is 3. The first kappa shape index (κ1) is 20.8. The number of rotatable bonds is 6. The Morgan fingerprint density at radius 3 is 2.42 bits per heavy atom. The predicted molar refractivity (Wildman–Crippen MR) is 116 cm³/mol. The third-order valence-electron chi connectivity index (χ3n) is 5.12. The van der Waals surface area contributed by atoms with Crippen molar-refractivity contribution in [1.29, 1.82) is 0 Å². The number of para-hydroxylation sites is 1. The number of halogens is 1. The van der Waals surface area contributed by atoms with Gasteiger partial charge in [-0.3, -0.25) is 9.59 Å². The summed E-state index contributed by atoms with van der Waals surface area (Å²) in [6, 6.07) is 15.9. The van der Waals surface area contributed by atoms with Crippen LogP contribution in [-0.4, -0.2) is 40.6 Å². The number of benzene rings is 2. The topological polar surface area (TPSA) is 81.5 Å². The van der Waals surface area contributed by atoms with Crippen molar-refractivity contribution in [3.63, 3.8) is 0 Å². The van der Waals surface area contributed by atoms with Crippen molar-refractivity contribution in [3.8, 4) is 5.69 Å². The largest absolute Gasteiger partial charge is 0.454 e. The maximum atomic E-state index is 12.6. The molecule has 7 nitrogen and oxygen atoms in total. The average molecular weight is 438 g/mol. The lowest BCUT2D eigenvalue weighted by Crippen LogP contribution is -2.23. The summed E-state index contributed by atoms with van der Waals surface area (Å²) < 4.78 is 6.66. The fourth-order valence-electron chi connectivity index (χ4n) is 3.51. The zero-order chi connectivity index (χ0) is 22.0. The molecule has 1 saturated heterocycles. The molecular formula is C23H20ClN3O4. The smallest absolute Gasteiger partial charge is 0.343 e. The molecule has 1 aliphatic rings. The number of nitrogens with zero attached hydrogens (tertiary/aromatic N) is 3. The Balaban J connectivity index is 1.42. The van der Waals surface area contributed by atoms with E-state index in [4.69, 9.17) is 16.3 Å². The Morgan fingerprint density at radius 2 is 1.77 bits per heavy atom. The second-order valence-electron chi connectivity index (χ2n) is 7.19. The van der Waals surface area contributed by atoms with E-state index in [2.05, 4.69) is 5.10 Å². The summed E-state index contributed by atoms with van der Waals surface area (Å²) in [5.74, 6) is -0.981. The van der Waals surface area contributed by atoms with Gasteiger partial charge in [0.2, 0.25) is 5.91 Å². The number of Topliss-reactive ketones (excluding diaryl/α,β-unsaturated/α-hetero) is 1. The minimum Gasteiger partial charge on any atom is -0.454 e. The first-order valence-corrected chi connectivity index (χ1v) is 10.2. The maximum Gasteiger partial charge on any atom is 0.343 e. The monoisotopic (exact) mass is 437 g/mol. The first-order chi connectivity index (χ1) is 15.0. The molecule has 2 aromatic carbocycles. The van der Waals surface area contributed by atoms with Gasteiger partial charge >= 0.3 is 5.97 Å². The van der Waals surface area contributed by atoms with Gasteiger partial charge in [-0.2, -0.15) is 5.10 Å². The van der Waals surface area contributed by atoms with Crippen LogP contribution in [0.4, 0.5) is 5.69 Å². The SMILES string of the molecule is Cc1nn(-c2ccccc2)c(Cl)c1C(=O)OCC(=O)c1ccc(N2CCCC2=O)cc1. The lowest BCUT2D eigenvalue weighted by atomic mass is 10.1. The Bertz CT molecular complexity index is 1140. The van der Waals surface area contributed by atoms with E-state index in [-0.39, 0.29) is 22.4 Å². The molecule has 0 radical (unpaired) electrons. The number of ether oxygens (including phenoxy) is 1. The van der Waals surface area contributed by atoms with Gasteiger partial charge in [0.05, 0.1) is 11.4 Å². The van der Waals surface area contributed by atoms with Crippen LogP contribution in [0.3, 0.4) is 0 Å². The molecule has 4 rings (SSSR count). The Hall–Kier alpha value is -3.45. The van der Waals surface area contributed by atoms with E-state index in [0.717, 1.165) is 12.1 Å². The predicted octanol–water partition coefficient (Wildman–Crippen LogP) is 4.00. The summed E-state index contributed by atoms with van der Waals surface area (Å²) in [7, 11) is 0. The van der Waals surface area contributed by atoms with Gasteiger partial charge in [-0.1, -0.05) is 29.8 Å². The summed E-state index contributed by atoms with van der Waals surface area (Å²) in [5.41, 5.74) is 2.40. The molecule has 0 aliphatic carbocycles. The molecule has 0 spiro atoms. The highest BCUT2D eigenvalue weighted by Crippen LogP contribution is 2.25. The minimum atomic E-state index is -0.711. The van der Waals surface area contributed by atoms with Crippen molar-refractivity contribution in [1.82, 2.24) is 9.78 Å². The van der Waals surface area contributed by atoms with Gasteiger partial charge in [0.15, 0.2) is 12.4 Å². The summed E-state index contributed by atoms with van der Waals surface area (Å²) in [5, 5.41) is 4.43. The highest BCUT2D eigenvalue weighted by atomic mass is 35.5. The van der Waals surface area contributed by atoms with E-state index in [0.29, 0.717) is 29.9 Å². The van der Waals surface area contributed by atoms with Gasteiger partial charge in [-0.25, -0.2) is 9.48 Å². The van der Waals surface area contributed by atoms with Crippen molar-refractivity contribution >= 4 is 34.9 Å². The van der Waals surface area contributed by atoms with E-state index in [1.165, 1.54) is 4.68 Å². The molecule has 1 aromatic heterocycles. The average Bonchev–Trinajstić information content (AvgIpc) is 3.34. The highest BCUT2D eigenvalue weighted by molar-refractivity contribution is 6.33. The summed E-state index contributed by atoms with van der Waals surface area (Å²) in [6.07, 6.45) is 1.37. The van der Waals surface area contributed by atoms with Crippen LogP contribution in [-0.2, 0) is 9.53 Å². The zero-order valence-electron chi connectivity index (χ0n) is 16.9. The van der Waals surface area contributed by atoms with Crippen LogP contribution in [0.5, 0.6) is 0 Å². The van der Waals surface area contributed by atoms with Crippen LogP contribution in [0, 0.1) is 6.92 Å². The van der Waals surface area contributed by atoms with Crippen molar-refractivity contribution in [2.45, 2.75) is 19.8 Å². The molecule has 0 unspecified atom stereocenters. The molecule has 0 N–H and O–H groups in total. The second kappa shape index (κ2) is 8.73. The van der Waals surface area contributed by atoms with Gasteiger partial charge in [-0.15, -0.1) is 0 Å². The molecule has 0 bridgehead atoms. The molecule has 31 heavy (non-hydrogen) atoms. The van der Waals surface area contributed by atoms with Crippen molar-refractivity contribution in [2.24, 2.45) is 0 Å². The van der Waals surface area contributed by atoms with Crippen LogP contribution >= 0.6 is 11.6 Å². The van der Waals surface area contributed by atoms with Crippen LogP contribution in [0.1, 0.15) is 39.3 Å². The van der Waals surface area contributed by atoms with E-state index in [9.17, 15) is 14.4 Å². The Kier molecular flexibility index (Phi) is 5.86. The standard InChI is InChI=1S/C23H20ClN3O4/c1-15-21(22(24)27(25-15)18-6-3-2-4-7-18)23(30)31-14-19(28)16-9-11-17(12-10-16)26-13-5-8-20(26)29/h2-4,6-7,9-12H,5,8,13-14H2,1H3. The van der Waals surface area contributed by atoms with Crippen LogP contribution in [0.15, 0.2) is 54.6 Å². The number of amides is 1. The molecule has 3 aromatic rings. The zero-order valence-corrected chi connectivity index (χ0v) is 17.6. The molecule has 158 valence electrons. The molecule has 8 heteroatoms. The fourth-order valence-corrected chi connectivity index (χ4v) is 3.86. The van der Waals surface area contributed by atoms with Crippen LogP contribution in [0.25, 0.3) is 5.69 Å². The number of esters is 1. The number of carbonyl (C=O) groups is 3. The van der Waals surface area contributed by atoms with Gasteiger partial charge < -0.3 is 9.64 Å². The molecular weight excluding hydrogens is 418 g/mol. The van der Waals surface area contributed by atoms with Gasteiger partial charge in [-0.05, 0) is 49.7 Å². The molecule has 1 amide bonds. The van der Waals surface area contributed by atoms with E-state index in [1.807, 2.05) is 30.3 Å². The van der Waals surface area contributed by atoms with Crippen molar-refractivity contribution in [3.05, 3.63) is 76.6 Å². The van der Waals surface area contributed by atoms with Gasteiger partial charge in [0.1, 0.15) is 10.7 Å². The normalized spacial score (nSPS) is 13.5. The van der Waals surface area contributed by atoms with Gasteiger partial charge in [0, 0.05) is 24.2 Å². The lowest BCUT2D eigenvalue weighted by Gasteiger charge is -2.15. The summed E-state index contributed by atoms with van der Waals surface area (Å²) in [4.78, 5) is 38.6. The van der Waals surface area contributed by atoms with Crippen LogP contribution in [0.2, 0.25) is 5.15 Å². The summed E-state index contributed by atoms with van der Waals surface area (Å²) in [6.45, 7) is 1.91. The Labute approximate surface area is 184 Å². The second-order valence-corrected chi connectivity index (χ2v) is 7.55. The number of hydrogen-bond acceptors (Lipinski definition) is 5.